The van der Waals surface area contributed by atoms with E-state index in [0.29, 0.717) is 24.5 Å². The monoisotopic (exact) mass is 475 g/mol. The number of carbonyl (C=O) groups excluding carboxylic acids is 1. The molecule has 0 radical (unpaired) electrons. The molecule has 1 aromatic carbocycles. The second-order valence-corrected chi connectivity index (χ2v) is 11.1. The number of carbonyl (C=O) groups is 1. The minimum absolute atomic E-state index is 0.0724. The summed E-state index contributed by atoms with van der Waals surface area (Å²) in [4.78, 5) is 20.7. The number of aryl methyl sites for hydroxylation is 2. The standard InChI is InChI=1S/C22H25N3O3S3/c1-4-24(5-2)31(27,28)18-8-9-19-16(13-18)7-6-11-25(19)22(26)20-15(3)23-21(30-20)17-10-12-29-14-17/h8-10,12-14H,4-7,11H2,1-3H3. The Morgan fingerprint density at radius 3 is 2.68 bits per heavy atom. The lowest BCUT2D eigenvalue weighted by atomic mass is 10.0. The zero-order chi connectivity index (χ0) is 22.2. The summed E-state index contributed by atoms with van der Waals surface area (Å²) >= 11 is 3.02. The zero-order valence-corrected chi connectivity index (χ0v) is 20.2. The number of hydrogen-bond donors (Lipinski definition) is 0. The largest absolute Gasteiger partial charge is 0.307 e. The Morgan fingerprint density at radius 2 is 2.00 bits per heavy atom. The van der Waals surface area contributed by atoms with E-state index in [4.69, 9.17) is 0 Å². The first kappa shape index (κ1) is 22.1. The van der Waals surface area contributed by atoms with Crippen LogP contribution in [0.4, 0.5) is 5.69 Å². The van der Waals surface area contributed by atoms with Crippen molar-refractivity contribution in [3.63, 3.8) is 0 Å². The minimum Gasteiger partial charge on any atom is -0.307 e. The van der Waals surface area contributed by atoms with Crippen LogP contribution < -0.4 is 4.90 Å². The van der Waals surface area contributed by atoms with Gasteiger partial charge in [-0.05, 0) is 55.0 Å². The van der Waals surface area contributed by atoms with Gasteiger partial charge in [-0.25, -0.2) is 13.4 Å². The number of rotatable bonds is 6. The van der Waals surface area contributed by atoms with Gasteiger partial charge in [0.25, 0.3) is 5.91 Å². The number of benzene rings is 1. The molecule has 0 fully saturated rings. The van der Waals surface area contributed by atoms with E-state index >= 15 is 0 Å². The zero-order valence-electron chi connectivity index (χ0n) is 17.8. The maximum absolute atomic E-state index is 13.4. The van der Waals surface area contributed by atoms with Crippen LogP contribution in [0.25, 0.3) is 10.6 Å². The second-order valence-electron chi connectivity index (χ2n) is 7.39. The summed E-state index contributed by atoms with van der Waals surface area (Å²) in [6.45, 7) is 7.00. The highest BCUT2D eigenvalue weighted by Gasteiger charge is 2.29. The first-order valence-corrected chi connectivity index (χ1v) is 13.5. The molecule has 0 aliphatic carbocycles. The average Bonchev–Trinajstić information content (AvgIpc) is 3.43. The highest BCUT2D eigenvalue weighted by molar-refractivity contribution is 7.89. The van der Waals surface area contributed by atoms with Gasteiger partial charge >= 0.3 is 0 Å². The van der Waals surface area contributed by atoms with Gasteiger partial charge in [0.2, 0.25) is 10.0 Å². The third-order valence-corrected chi connectivity index (χ3v) is 9.44. The van der Waals surface area contributed by atoms with Gasteiger partial charge in [0.15, 0.2) is 0 Å². The molecule has 1 aliphatic rings. The fourth-order valence-corrected chi connectivity index (χ4v) is 7.12. The Morgan fingerprint density at radius 1 is 1.23 bits per heavy atom. The van der Waals surface area contributed by atoms with E-state index in [1.807, 2.05) is 37.6 Å². The number of thiophene rings is 1. The van der Waals surface area contributed by atoms with Crippen molar-refractivity contribution in [2.45, 2.75) is 38.5 Å². The van der Waals surface area contributed by atoms with E-state index in [0.717, 1.165) is 40.4 Å². The highest BCUT2D eigenvalue weighted by Crippen LogP contribution is 2.35. The van der Waals surface area contributed by atoms with Crippen LogP contribution in [0.5, 0.6) is 0 Å². The topological polar surface area (TPSA) is 70.6 Å². The van der Waals surface area contributed by atoms with Crippen LogP contribution in [0.2, 0.25) is 0 Å². The number of anilines is 1. The summed E-state index contributed by atoms with van der Waals surface area (Å²) in [6.07, 6.45) is 1.55. The maximum atomic E-state index is 13.4. The van der Waals surface area contributed by atoms with E-state index < -0.39 is 10.0 Å². The molecule has 0 N–H and O–H groups in total. The normalized spacial score (nSPS) is 14.1. The summed E-state index contributed by atoms with van der Waals surface area (Å²) in [5, 5.41) is 4.87. The number of fused-ring (bicyclic) bond motifs is 1. The Balaban J connectivity index is 1.67. The number of amides is 1. The SMILES string of the molecule is CCN(CC)S(=O)(=O)c1ccc2c(c1)CCCN2C(=O)c1sc(-c2ccsc2)nc1C. The third-order valence-electron chi connectivity index (χ3n) is 5.52. The molecular formula is C22H25N3O3S3. The van der Waals surface area contributed by atoms with Crippen molar-refractivity contribution >= 4 is 44.3 Å². The fourth-order valence-electron chi connectivity index (χ4n) is 3.88. The van der Waals surface area contributed by atoms with Gasteiger partial charge < -0.3 is 4.90 Å². The molecule has 0 unspecified atom stereocenters. The predicted molar refractivity (Wildman–Crippen MR) is 127 cm³/mol. The molecule has 0 bridgehead atoms. The van der Waals surface area contributed by atoms with E-state index in [2.05, 4.69) is 4.98 Å². The summed E-state index contributed by atoms with van der Waals surface area (Å²) in [5.74, 6) is -0.0724. The van der Waals surface area contributed by atoms with Crippen molar-refractivity contribution in [3.05, 3.63) is 51.2 Å². The predicted octanol–water partition coefficient (Wildman–Crippen LogP) is 4.80. The lowest BCUT2D eigenvalue weighted by molar-refractivity contribution is 0.0988. The first-order valence-electron chi connectivity index (χ1n) is 10.3. The van der Waals surface area contributed by atoms with Crippen LogP contribution in [-0.4, -0.2) is 43.2 Å². The Hall–Kier alpha value is -2.07. The number of hydrogen-bond acceptors (Lipinski definition) is 6. The van der Waals surface area contributed by atoms with Gasteiger partial charge in [-0.15, -0.1) is 11.3 Å². The molecule has 3 heterocycles. The van der Waals surface area contributed by atoms with E-state index in [1.165, 1.54) is 15.6 Å². The molecule has 1 amide bonds. The van der Waals surface area contributed by atoms with Gasteiger partial charge in [0.05, 0.1) is 10.6 Å². The maximum Gasteiger partial charge on any atom is 0.270 e. The molecule has 31 heavy (non-hydrogen) atoms. The van der Waals surface area contributed by atoms with Gasteiger partial charge in [-0.2, -0.15) is 15.6 Å². The Kier molecular flexibility index (Phi) is 6.30. The molecule has 0 atom stereocenters. The summed E-state index contributed by atoms with van der Waals surface area (Å²) < 4.78 is 27.3. The van der Waals surface area contributed by atoms with Crippen molar-refractivity contribution in [3.8, 4) is 10.6 Å². The Labute approximate surface area is 191 Å². The average molecular weight is 476 g/mol. The molecule has 9 heteroatoms. The van der Waals surface area contributed by atoms with Crippen LogP contribution in [0.1, 0.15) is 41.2 Å². The summed E-state index contributed by atoms with van der Waals surface area (Å²) in [6, 6.07) is 7.14. The molecular weight excluding hydrogens is 450 g/mol. The summed E-state index contributed by atoms with van der Waals surface area (Å²) in [5.41, 5.74) is 3.44. The molecule has 4 rings (SSSR count). The fraction of sp³-hybridized carbons (Fsp3) is 0.364. The quantitative estimate of drug-likeness (QED) is 0.513. The number of nitrogens with zero attached hydrogens (tertiary/aromatic N) is 3. The second kappa shape index (κ2) is 8.82. The van der Waals surface area contributed by atoms with Crippen molar-refractivity contribution in [2.75, 3.05) is 24.5 Å². The van der Waals surface area contributed by atoms with Gasteiger partial charge in [0.1, 0.15) is 9.88 Å². The van der Waals surface area contributed by atoms with E-state index in [1.54, 1.807) is 34.4 Å². The number of thiazole rings is 1. The Bertz CT molecular complexity index is 1200. The van der Waals surface area contributed by atoms with Crippen LogP contribution in [0.15, 0.2) is 39.9 Å². The lowest BCUT2D eigenvalue weighted by Gasteiger charge is -2.30. The van der Waals surface area contributed by atoms with E-state index in [9.17, 15) is 13.2 Å². The number of aromatic nitrogens is 1. The molecule has 1 aliphatic heterocycles. The van der Waals surface area contributed by atoms with Crippen LogP contribution in [0.3, 0.4) is 0 Å². The van der Waals surface area contributed by atoms with Gasteiger partial charge in [0, 0.05) is 36.3 Å². The molecule has 0 spiro atoms. The lowest BCUT2D eigenvalue weighted by Crippen LogP contribution is -2.36. The van der Waals surface area contributed by atoms with Gasteiger partial charge in [-0.3, -0.25) is 4.79 Å². The smallest absolute Gasteiger partial charge is 0.270 e. The molecule has 0 saturated carbocycles. The van der Waals surface area contributed by atoms with Crippen molar-refractivity contribution in [1.29, 1.82) is 0 Å². The van der Waals surface area contributed by atoms with Crippen molar-refractivity contribution < 1.29 is 13.2 Å². The summed E-state index contributed by atoms with van der Waals surface area (Å²) in [7, 11) is -3.53. The highest BCUT2D eigenvalue weighted by atomic mass is 32.2. The molecule has 164 valence electrons. The van der Waals surface area contributed by atoms with Crippen molar-refractivity contribution in [1.82, 2.24) is 9.29 Å². The van der Waals surface area contributed by atoms with Crippen LogP contribution >= 0.6 is 22.7 Å². The molecule has 0 saturated heterocycles. The number of sulfonamides is 1. The van der Waals surface area contributed by atoms with Crippen molar-refractivity contribution in [2.24, 2.45) is 0 Å². The third kappa shape index (κ3) is 4.07. The molecule has 2 aromatic heterocycles. The van der Waals surface area contributed by atoms with Crippen LogP contribution in [-0.2, 0) is 16.4 Å². The first-order chi connectivity index (χ1) is 14.9. The van der Waals surface area contributed by atoms with E-state index in [-0.39, 0.29) is 10.8 Å². The van der Waals surface area contributed by atoms with Gasteiger partial charge in [-0.1, -0.05) is 13.8 Å². The minimum atomic E-state index is -3.53. The van der Waals surface area contributed by atoms with Crippen LogP contribution in [0, 0.1) is 6.92 Å². The molecule has 3 aromatic rings. The molecule has 6 nitrogen and oxygen atoms in total.